The number of esters is 2. The fraction of sp³-hybridized carbons (Fsp3) is 0.864. The van der Waals surface area contributed by atoms with Crippen molar-refractivity contribution >= 4 is 24.2 Å². The van der Waals surface area contributed by atoms with Gasteiger partial charge in [0, 0.05) is 17.9 Å². The van der Waals surface area contributed by atoms with Crippen LogP contribution in [0.4, 0.5) is 0 Å². The highest BCUT2D eigenvalue weighted by atomic mass is 16.8. The van der Waals surface area contributed by atoms with Crippen LogP contribution in [0.2, 0.25) is 0 Å². The zero-order valence-corrected chi connectivity index (χ0v) is 50.0. The Morgan fingerprint density at radius 1 is 0.663 bits per heavy atom. The molecule has 4 heterocycles. The summed E-state index contributed by atoms with van der Waals surface area (Å²) in [4.78, 5) is 53.9. The molecule has 0 amide bonds. The van der Waals surface area contributed by atoms with Crippen molar-refractivity contribution in [3.63, 3.8) is 0 Å². The summed E-state index contributed by atoms with van der Waals surface area (Å²) in [5.41, 5.74) is -4.44. The summed E-state index contributed by atoms with van der Waals surface area (Å²) in [6.45, 7) is 13.9. The Hall–Kier alpha value is -3.24. The second-order valence-corrected chi connectivity index (χ2v) is 27.3. The number of hydrogen-bond acceptors (Lipinski definition) is 26. The highest BCUT2D eigenvalue weighted by Crippen LogP contribution is 2.76. The molecule has 86 heavy (non-hydrogen) atoms. The number of rotatable bonds is 15. The number of aldehydes is 1. The van der Waals surface area contributed by atoms with E-state index in [1.54, 1.807) is 26.8 Å². The van der Waals surface area contributed by atoms with E-state index in [2.05, 4.69) is 26.8 Å². The Balaban J connectivity index is 1.06. The van der Waals surface area contributed by atoms with E-state index in [0.717, 1.165) is 11.9 Å². The Morgan fingerprint density at radius 3 is 1.91 bits per heavy atom. The number of carbonyl (C=O) groups is 4. The van der Waals surface area contributed by atoms with Crippen molar-refractivity contribution in [1.29, 1.82) is 0 Å². The number of carboxylic acid groups (broad SMARTS) is 1. The average molecular weight is 1230 g/mol. The molecule has 9 aliphatic rings. The van der Waals surface area contributed by atoms with Gasteiger partial charge in [-0.3, -0.25) is 4.79 Å². The van der Waals surface area contributed by atoms with Gasteiger partial charge in [-0.15, -0.1) is 0 Å². The largest absolute Gasteiger partial charge is 0.479 e. The van der Waals surface area contributed by atoms with Crippen molar-refractivity contribution < 1.29 is 133 Å². The number of aliphatic hydroxyl groups excluding tert-OH is 12. The minimum absolute atomic E-state index is 0.107. The van der Waals surface area contributed by atoms with E-state index >= 15 is 0 Å². The quantitative estimate of drug-likeness (QED) is 0.0277. The topological polar surface area (TPSA) is 424 Å². The van der Waals surface area contributed by atoms with Gasteiger partial charge in [0.1, 0.15) is 104 Å². The Morgan fingerprint density at radius 2 is 1.29 bits per heavy atom. The van der Waals surface area contributed by atoms with Crippen molar-refractivity contribution in [2.75, 3.05) is 26.4 Å². The number of aliphatic carboxylic acids is 1. The molecule has 9 rings (SSSR count). The van der Waals surface area contributed by atoms with E-state index in [9.17, 15) is 85.6 Å². The molecule has 27 heteroatoms. The van der Waals surface area contributed by atoms with Crippen LogP contribution < -0.4 is 0 Å². The molecule has 0 radical (unpaired) electrons. The number of aliphatic hydroxyl groups is 12. The molecule has 0 unspecified atom stereocenters. The first-order chi connectivity index (χ1) is 40.3. The minimum Gasteiger partial charge on any atom is -0.479 e. The number of carboxylic acids is 1. The molecule has 488 valence electrons. The Labute approximate surface area is 498 Å². The monoisotopic (exact) mass is 1230 g/mol. The summed E-state index contributed by atoms with van der Waals surface area (Å²) in [6, 6.07) is 0. The van der Waals surface area contributed by atoms with Gasteiger partial charge in [-0.25, -0.2) is 9.59 Å². The molecule has 30 atom stereocenters. The fourth-order valence-electron chi connectivity index (χ4n) is 17.0. The van der Waals surface area contributed by atoms with Gasteiger partial charge >= 0.3 is 17.9 Å². The van der Waals surface area contributed by atoms with E-state index < -0.39 is 224 Å². The van der Waals surface area contributed by atoms with Crippen LogP contribution in [0, 0.1) is 50.2 Å². The standard InChI is InChI=1S/C59H90O27/c1-10-24(2)49(76)86-47-46(73)59(23-62)27(17-54(47,4)5)26-11-12-32-55(6)15-14-33(56(7,22-61)31(55)13-16-57(32,8)58(26,9)18-34(59)79-25(3)63)81-53-45(85-51-40(71)38(69)37(68)30(19-60)80-51)42(41(72)43(83-53)48(74)75)82-52-44(36(67)29(65)21-78-52)84-50-39(70)35(66)28(64)20-77-50/h10-11,22,27-47,50-53,60,62,64-73H,12-21,23H2,1-9H3,(H,74,75)/b24-10+/t27-,28+,29-,30+,31+,32+,33-,34+,35-,36-,37-,38-,39+,40+,41-,42-,43-,44+,45+,46-,47-,50-,51-,52-,53+,55-,56-,57+,58+,59-/m0/s1. The van der Waals surface area contributed by atoms with E-state index in [4.69, 9.17) is 47.4 Å². The van der Waals surface area contributed by atoms with Crippen molar-refractivity contribution in [3.8, 4) is 0 Å². The third kappa shape index (κ3) is 10.9. The molecular formula is C59H90O27. The summed E-state index contributed by atoms with van der Waals surface area (Å²) in [5.74, 6) is -4.20. The van der Waals surface area contributed by atoms with E-state index in [1.807, 2.05) is 13.8 Å². The summed E-state index contributed by atoms with van der Waals surface area (Å²) < 4.78 is 60.5. The van der Waals surface area contributed by atoms with Crippen LogP contribution in [-0.2, 0) is 66.5 Å². The summed E-state index contributed by atoms with van der Waals surface area (Å²) in [7, 11) is 0. The van der Waals surface area contributed by atoms with Gasteiger partial charge in [-0.05, 0) is 92.8 Å². The molecule has 4 saturated carbocycles. The molecule has 0 spiro atoms. The van der Waals surface area contributed by atoms with Gasteiger partial charge in [-0.2, -0.15) is 0 Å². The van der Waals surface area contributed by atoms with Crippen molar-refractivity contribution in [2.45, 2.75) is 242 Å². The number of ether oxygens (including phenoxy) is 10. The van der Waals surface area contributed by atoms with E-state index in [-0.39, 0.29) is 18.8 Å². The second-order valence-electron chi connectivity index (χ2n) is 27.3. The molecule has 0 bridgehead atoms. The first kappa shape index (κ1) is 67.2. The molecule has 5 aliphatic carbocycles. The first-order valence-electron chi connectivity index (χ1n) is 29.9. The van der Waals surface area contributed by atoms with Crippen molar-refractivity contribution in [1.82, 2.24) is 0 Å². The molecule has 0 aromatic heterocycles. The second kappa shape index (κ2) is 24.8. The SMILES string of the molecule is C/C=C(\C)C(=O)O[C@H]1[C@H](O)[C@]2(CO)[C@H](OC(C)=O)C[C@]3(C)C(=CC[C@@H]4[C@@]5(C)CC[C@H](O[C@@H]6O[C@H](C(=O)O)[C@@H](O)[C@H](O[C@@H]7OC[C@H](O)[C@H](O)[C@H]7O[C@@H]7OC[C@@H](O)[C@H](O)[C@H]7O)[C@H]6O[C@@H]6O[C@H](CO)[C@H](O)[C@H](O)[C@H]6O)[C@@](C)(C=O)[C@@H]5CC[C@]43C)[C@@H]2CC1(C)C. The zero-order valence-electron chi connectivity index (χ0n) is 50.0. The highest BCUT2D eigenvalue weighted by molar-refractivity contribution is 5.87. The van der Waals surface area contributed by atoms with Gasteiger partial charge in [-0.1, -0.05) is 59.3 Å². The van der Waals surface area contributed by atoms with Crippen LogP contribution >= 0.6 is 0 Å². The lowest BCUT2D eigenvalue weighted by Gasteiger charge is -2.72. The van der Waals surface area contributed by atoms with Gasteiger partial charge in [0.05, 0.1) is 43.4 Å². The molecule has 13 N–H and O–H groups in total. The van der Waals surface area contributed by atoms with Crippen LogP contribution in [0.1, 0.15) is 107 Å². The molecule has 0 aromatic carbocycles. The highest BCUT2D eigenvalue weighted by Gasteiger charge is 2.74. The van der Waals surface area contributed by atoms with Crippen LogP contribution in [0.25, 0.3) is 0 Å². The van der Waals surface area contributed by atoms with Crippen LogP contribution in [0.5, 0.6) is 0 Å². The van der Waals surface area contributed by atoms with Gasteiger partial charge in [0.15, 0.2) is 31.3 Å². The summed E-state index contributed by atoms with van der Waals surface area (Å²) in [5, 5.41) is 143. The first-order valence-corrected chi connectivity index (χ1v) is 29.9. The lowest BCUT2D eigenvalue weighted by Crippen LogP contribution is -2.72. The summed E-state index contributed by atoms with van der Waals surface area (Å²) in [6.07, 6.45) is -32.4. The number of carbonyl (C=O) groups excluding carboxylic acids is 3. The average Bonchev–Trinajstić information content (AvgIpc) is 0.671. The van der Waals surface area contributed by atoms with Gasteiger partial charge in [0.25, 0.3) is 0 Å². The molecule has 4 aliphatic heterocycles. The van der Waals surface area contributed by atoms with E-state index in [0.29, 0.717) is 37.7 Å². The number of hydrogen-bond donors (Lipinski definition) is 13. The summed E-state index contributed by atoms with van der Waals surface area (Å²) >= 11 is 0. The molecule has 4 saturated heterocycles. The lowest BCUT2D eigenvalue weighted by atomic mass is 9.33. The fourth-order valence-corrected chi connectivity index (χ4v) is 17.0. The van der Waals surface area contributed by atoms with Gasteiger partial charge < -0.3 is 119 Å². The predicted octanol–water partition coefficient (Wildman–Crippen LogP) is -2.01. The molecule has 0 aromatic rings. The normalized spacial score (nSPS) is 51.1. The maximum Gasteiger partial charge on any atom is 0.335 e. The number of fused-ring (bicyclic) bond motifs is 7. The van der Waals surface area contributed by atoms with Crippen LogP contribution in [0.15, 0.2) is 23.3 Å². The Bertz CT molecular complexity index is 2550. The predicted molar refractivity (Wildman–Crippen MR) is 289 cm³/mol. The maximum absolute atomic E-state index is 14.2. The van der Waals surface area contributed by atoms with Gasteiger partial charge in [0.2, 0.25) is 0 Å². The Kier molecular flexibility index (Phi) is 19.3. The number of allylic oxidation sites excluding steroid dienone is 3. The zero-order chi connectivity index (χ0) is 63.3. The third-order valence-electron chi connectivity index (χ3n) is 22.2. The van der Waals surface area contributed by atoms with Crippen molar-refractivity contribution in [2.24, 2.45) is 50.2 Å². The maximum atomic E-state index is 14.2. The third-order valence-corrected chi connectivity index (χ3v) is 22.2. The minimum atomic E-state index is -2.28. The smallest absolute Gasteiger partial charge is 0.335 e. The molecule has 27 nitrogen and oxygen atoms in total. The molecule has 8 fully saturated rings. The molecular weight excluding hydrogens is 1140 g/mol. The van der Waals surface area contributed by atoms with Crippen LogP contribution in [-0.4, -0.2) is 252 Å². The van der Waals surface area contributed by atoms with Crippen molar-refractivity contribution in [3.05, 3.63) is 23.3 Å². The van der Waals surface area contributed by atoms with Crippen LogP contribution in [0.3, 0.4) is 0 Å². The lowest BCUT2D eigenvalue weighted by molar-refractivity contribution is -0.398. The van der Waals surface area contributed by atoms with E-state index in [1.165, 1.54) is 6.92 Å².